The van der Waals surface area contributed by atoms with E-state index in [2.05, 4.69) is 77.0 Å². The van der Waals surface area contributed by atoms with Gasteiger partial charge in [0.1, 0.15) is 0 Å². The maximum atomic E-state index is 4.50. The number of rotatable bonds is 1. The smallest absolute Gasteiger partial charge is 0.0867 e. The van der Waals surface area contributed by atoms with E-state index in [-0.39, 0.29) is 5.41 Å². The van der Waals surface area contributed by atoms with E-state index >= 15 is 0 Å². The number of halogens is 1. The van der Waals surface area contributed by atoms with Crippen LogP contribution in [-0.4, -0.2) is 9.97 Å². The summed E-state index contributed by atoms with van der Waals surface area (Å²) in [5.74, 6) is 0. The van der Waals surface area contributed by atoms with Crippen LogP contribution in [0.25, 0.3) is 22.3 Å². The standard InChI is InChI=1S/C17H17BrN2/c1-17(2,3)12-6-7-19-15(10-12)16-9-11-8-13(18)4-5-14(11)20-16/h4-10,20H,1-3H3. The lowest BCUT2D eigenvalue weighted by Gasteiger charge is -2.19. The van der Waals surface area contributed by atoms with Gasteiger partial charge in [-0.3, -0.25) is 4.98 Å². The number of hydrogen-bond acceptors (Lipinski definition) is 1. The lowest BCUT2D eigenvalue weighted by molar-refractivity contribution is 0.589. The minimum Gasteiger partial charge on any atom is -0.353 e. The highest BCUT2D eigenvalue weighted by Gasteiger charge is 2.15. The molecule has 0 fully saturated rings. The van der Waals surface area contributed by atoms with Crippen LogP contribution in [0, 0.1) is 0 Å². The van der Waals surface area contributed by atoms with Gasteiger partial charge in [0, 0.05) is 21.6 Å². The van der Waals surface area contributed by atoms with Crippen molar-refractivity contribution in [2.45, 2.75) is 26.2 Å². The van der Waals surface area contributed by atoms with E-state index in [4.69, 9.17) is 0 Å². The van der Waals surface area contributed by atoms with Gasteiger partial charge in [0.25, 0.3) is 0 Å². The van der Waals surface area contributed by atoms with Crippen LogP contribution >= 0.6 is 15.9 Å². The van der Waals surface area contributed by atoms with Crippen LogP contribution in [-0.2, 0) is 5.41 Å². The average molecular weight is 329 g/mol. The summed E-state index contributed by atoms with van der Waals surface area (Å²) in [7, 11) is 0. The van der Waals surface area contributed by atoms with Gasteiger partial charge in [-0.2, -0.15) is 0 Å². The number of pyridine rings is 1. The second-order valence-corrected chi connectivity index (χ2v) is 7.01. The van der Waals surface area contributed by atoms with Gasteiger partial charge in [0.2, 0.25) is 0 Å². The Hall–Kier alpha value is -1.61. The number of fused-ring (bicyclic) bond motifs is 1. The van der Waals surface area contributed by atoms with Crippen molar-refractivity contribution < 1.29 is 0 Å². The zero-order valence-corrected chi connectivity index (χ0v) is 13.5. The van der Waals surface area contributed by atoms with Crippen molar-refractivity contribution in [2.75, 3.05) is 0 Å². The van der Waals surface area contributed by atoms with Gasteiger partial charge in [-0.25, -0.2) is 0 Å². The molecule has 1 N–H and O–H groups in total. The largest absolute Gasteiger partial charge is 0.353 e. The molecular formula is C17H17BrN2. The highest BCUT2D eigenvalue weighted by molar-refractivity contribution is 9.10. The summed E-state index contributed by atoms with van der Waals surface area (Å²) in [6.07, 6.45) is 1.89. The van der Waals surface area contributed by atoms with Gasteiger partial charge in [0.15, 0.2) is 0 Å². The van der Waals surface area contributed by atoms with Gasteiger partial charge < -0.3 is 4.98 Å². The molecular weight excluding hydrogens is 312 g/mol. The molecule has 20 heavy (non-hydrogen) atoms. The quantitative estimate of drug-likeness (QED) is 0.646. The Kier molecular flexibility index (Phi) is 3.17. The Morgan fingerprint density at radius 2 is 1.85 bits per heavy atom. The van der Waals surface area contributed by atoms with E-state index < -0.39 is 0 Å². The van der Waals surface area contributed by atoms with Crippen molar-refractivity contribution >= 4 is 26.8 Å². The topological polar surface area (TPSA) is 28.7 Å². The Morgan fingerprint density at radius 3 is 2.60 bits per heavy atom. The summed E-state index contributed by atoms with van der Waals surface area (Å²) in [4.78, 5) is 7.93. The summed E-state index contributed by atoms with van der Waals surface area (Å²) in [5.41, 5.74) is 4.61. The summed E-state index contributed by atoms with van der Waals surface area (Å²) >= 11 is 3.51. The Morgan fingerprint density at radius 1 is 1.05 bits per heavy atom. The highest BCUT2D eigenvalue weighted by Crippen LogP contribution is 2.28. The third-order valence-electron chi connectivity index (χ3n) is 3.48. The third-order valence-corrected chi connectivity index (χ3v) is 3.98. The monoisotopic (exact) mass is 328 g/mol. The maximum Gasteiger partial charge on any atom is 0.0867 e. The van der Waals surface area contributed by atoms with Gasteiger partial charge >= 0.3 is 0 Å². The van der Waals surface area contributed by atoms with E-state index in [0.29, 0.717) is 0 Å². The fraction of sp³-hybridized carbons (Fsp3) is 0.235. The van der Waals surface area contributed by atoms with Crippen molar-refractivity contribution in [1.82, 2.24) is 9.97 Å². The third kappa shape index (κ3) is 2.50. The van der Waals surface area contributed by atoms with E-state index in [0.717, 1.165) is 21.4 Å². The normalized spacial score (nSPS) is 12.0. The first-order valence-corrected chi connectivity index (χ1v) is 7.48. The lowest BCUT2D eigenvalue weighted by atomic mass is 9.87. The predicted molar refractivity (Wildman–Crippen MR) is 87.9 cm³/mol. The molecule has 3 heteroatoms. The first-order chi connectivity index (χ1) is 9.43. The van der Waals surface area contributed by atoms with E-state index in [9.17, 15) is 0 Å². The molecule has 2 heterocycles. The van der Waals surface area contributed by atoms with Crippen LogP contribution < -0.4 is 0 Å². The van der Waals surface area contributed by atoms with Crippen molar-refractivity contribution in [3.63, 3.8) is 0 Å². The molecule has 1 aromatic carbocycles. The van der Waals surface area contributed by atoms with E-state index in [1.165, 1.54) is 10.9 Å². The summed E-state index contributed by atoms with van der Waals surface area (Å²) in [6.45, 7) is 6.65. The Balaban J connectivity index is 2.11. The molecule has 0 spiro atoms. The van der Waals surface area contributed by atoms with Gasteiger partial charge in [-0.05, 0) is 47.4 Å². The number of nitrogens with zero attached hydrogens (tertiary/aromatic N) is 1. The molecule has 0 unspecified atom stereocenters. The molecule has 0 bridgehead atoms. The van der Waals surface area contributed by atoms with Crippen molar-refractivity contribution in [3.8, 4) is 11.4 Å². The second kappa shape index (κ2) is 4.74. The number of benzene rings is 1. The van der Waals surface area contributed by atoms with Gasteiger partial charge in [0.05, 0.1) is 11.4 Å². The molecule has 3 rings (SSSR count). The molecule has 0 atom stereocenters. The predicted octanol–water partition coefficient (Wildman–Crippen LogP) is 5.29. The minimum atomic E-state index is 0.132. The highest BCUT2D eigenvalue weighted by atomic mass is 79.9. The molecule has 0 aliphatic rings. The van der Waals surface area contributed by atoms with E-state index in [1.807, 2.05) is 12.3 Å². The summed E-state index contributed by atoms with van der Waals surface area (Å²) in [6, 6.07) is 12.6. The lowest BCUT2D eigenvalue weighted by Crippen LogP contribution is -2.11. The molecule has 0 amide bonds. The molecule has 0 aliphatic heterocycles. The van der Waals surface area contributed by atoms with Crippen LogP contribution in [0.2, 0.25) is 0 Å². The zero-order valence-electron chi connectivity index (χ0n) is 11.9. The van der Waals surface area contributed by atoms with Crippen LogP contribution in [0.4, 0.5) is 0 Å². The molecule has 3 aromatic rings. The van der Waals surface area contributed by atoms with Crippen molar-refractivity contribution in [2.24, 2.45) is 0 Å². The van der Waals surface area contributed by atoms with Crippen molar-refractivity contribution in [1.29, 1.82) is 0 Å². The summed E-state index contributed by atoms with van der Waals surface area (Å²) in [5, 5.41) is 1.19. The molecule has 2 nitrogen and oxygen atoms in total. The van der Waals surface area contributed by atoms with Crippen LogP contribution in [0.1, 0.15) is 26.3 Å². The molecule has 0 saturated carbocycles. The fourth-order valence-electron chi connectivity index (χ4n) is 2.29. The first kappa shape index (κ1) is 13.4. The maximum absolute atomic E-state index is 4.50. The number of aromatic nitrogens is 2. The molecule has 0 aliphatic carbocycles. The number of hydrogen-bond donors (Lipinski definition) is 1. The second-order valence-electron chi connectivity index (χ2n) is 6.09. The first-order valence-electron chi connectivity index (χ1n) is 6.69. The van der Waals surface area contributed by atoms with Gasteiger partial charge in [-0.15, -0.1) is 0 Å². The zero-order chi connectivity index (χ0) is 14.3. The number of aromatic amines is 1. The van der Waals surface area contributed by atoms with Crippen LogP contribution in [0.15, 0.2) is 47.1 Å². The molecule has 0 saturated heterocycles. The summed E-state index contributed by atoms with van der Waals surface area (Å²) < 4.78 is 1.09. The Bertz CT molecular complexity index is 766. The van der Waals surface area contributed by atoms with Crippen LogP contribution in [0.5, 0.6) is 0 Å². The minimum absolute atomic E-state index is 0.132. The number of H-pyrrole nitrogens is 1. The van der Waals surface area contributed by atoms with E-state index in [1.54, 1.807) is 0 Å². The average Bonchev–Trinajstić information content (AvgIpc) is 2.81. The van der Waals surface area contributed by atoms with Gasteiger partial charge in [-0.1, -0.05) is 36.7 Å². The Labute approximate surface area is 127 Å². The fourth-order valence-corrected chi connectivity index (χ4v) is 2.66. The molecule has 102 valence electrons. The molecule has 0 radical (unpaired) electrons. The van der Waals surface area contributed by atoms with Crippen LogP contribution in [0.3, 0.4) is 0 Å². The SMILES string of the molecule is CC(C)(C)c1ccnc(-c2cc3cc(Br)ccc3[nH]2)c1. The molecule has 2 aromatic heterocycles. The number of nitrogens with one attached hydrogen (secondary N) is 1. The van der Waals surface area contributed by atoms with Crippen molar-refractivity contribution in [3.05, 3.63) is 52.6 Å².